The number of methoxy groups -OCH3 is 1. The molecule has 0 aromatic heterocycles. The molecule has 9 heteroatoms. The summed E-state index contributed by atoms with van der Waals surface area (Å²) in [6.45, 7) is 5.64. The van der Waals surface area contributed by atoms with Gasteiger partial charge in [0.2, 0.25) is 11.8 Å². The average molecular weight is 446 g/mol. The first-order valence-electron chi connectivity index (χ1n) is 10.8. The molecular weight excluding hydrogens is 414 g/mol. The van der Waals surface area contributed by atoms with Gasteiger partial charge in [-0.3, -0.25) is 9.59 Å². The van der Waals surface area contributed by atoms with Crippen molar-refractivity contribution in [2.75, 3.05) is 13.7 Å². The summed E-state index contributed by atoms with van der Waals surface area (Å²) in [5.41, 5.74) is -0.915. The van der Waals surface area contributed by atoms with Crippen LogP contribution in [0.15, 0.2) is 30.3 Å². The zero-order valence-electron chi connectivity index (χ0n) is 19.0. The number of rotatable bonds is 6. The van der Waals surface area contributed by atoms with Gasteiger partial charge in [0, 0.05) is 19.4 Å². The standard InChI is InChI=1S/C23H31N3O6/c1-22(2,3)32-21(30)25-16(13-15-9-6-5-7-10-15)18(27)24-17-14-23(20(29)31-4)11-8-12-26(23)19(17)28/h5-7,9-10,16-17H,8,11-14H2,1-4H3,(H,24,27)(H,25,30)/t16-,17+,23+/m0/s1. The summed E-state index contributed by atoms with van der Waals surface area (Å²) in [5, 5.41) is 5.36. The maximum absolute atomic E-state index is 13.1. The predicted octanol–water partition coefficient (Wildman–Crippen LogP) is 1.55. The van der Waals surface area contributed by atoms with Crippen molar-refractivity contribution < 1.29 is 28.7 Å². The first-order chi connectivity index (χ1) is 15.1. The van der Waals surface area contributed by atoms with E-state index in [-0.39, 0.29) is 18.7 Å². The zero-order chi connectivity index (χ0) is 23.5. The van der Waals surface area contributed by atoms with Crippen LogP contribution in [0.5, 0.6) is 0 Å². The quantitative estimate of drug-likeness (QED) is 0.642. The minimum atomic E-state index is -1.03. The van der Waals surface area contributed by atoms with Crippen LogP contribution < -0.4 is 10.6 Å². The van der Waals surface area contributed by atoms with E-state index in [2.05, 4.69) is 10.6 Å². The fourth-order valence-electron chi connectivity index (χ4n) is 4.40. The first-order valence-corrected chi connectivity index (χ1v) is 10.8. The number of nitrogens with zero attached hydrogens (tertiary/aromatic N) is 1. The highest BCUT2D eigenvalue weighted by molar-refractivity contribution is 5.98. The van der Waals surface area contributed by atoms with Gasteiger partial charge < -0.3 is 25.0 Å². The minimum Gasteiger partial charge on any atom is -0.467 e. The van der Waals surface area contributed by atoms with Gasteiger partial charge in [-0.15, -0.1) is 0 Å². The number of hydrogen-bond acceptors (Lipinski definition) is 6. The SMILES string of the molecule is COC(=O)[C@]12CCCN1C(=O)[C@H](NC(=O)[C@H](Cc1ccccc1)NC(=O)OC(C)(C)C)C2. The number of alkyl carbamates (subject to hydrolysis) is 1. The van der Waals surface area contributed by atoms with Gasteiger partial charge in [-0.25, -0.2) is 9.59 Å². The smallest absolute Gasteiger partial charge is 0.408 e. The molecule has 1 aromatic carbocycles. The summed E-state index contributed by atoms with van der Waals surface area (Å²) in [4.78, 5) is 52.4. The third-order valence-electron chi connectivity index (χ3n) is 5.77. The van der Waals surface area contributed by atoms with Crippen LogP contribution in [0.1, 0.15) is 45.6 Å². The summed E-state index contributed by atoms with van der Waals surface area (Å²) < 4.78 is 10.3. The zero-order valence-corrected chi connectivity index (χ0v) is 19.0. The van der Waals surface area contributed by atoms with Crippen LogP contribution in [-0.2, 0) is 30.3 Å². The molecule has 2 aliphatic heterocycles. The Balaban J connectivity index is 1.75. The van der Waals surface area contributed by atoms with E-state index in [1.165, 1.54) is 12.0 Å². The van der Waals surface area contributed by atoms with Crippen LogP contribution in [0, 0.1) is 0 Å². The second kappa shape index (κ2) is 9.18. The lowest BCUT2D eigenvalue weighted by Gasteiger charge is -2.28. The van der Waals surface area contributed by atoms with Crippen LogP contribution in [0.4, 0.5) is 4.79 Å². The number of carbonyl (C=O) groups is 4. The van der Waals surface area contributed by atoms with E-state index in [1.807, 2.05) is 30.3 Å². The van der Waals surface area contributed by atoms with E-state index in [1.54, 1.807) is 20.8 Å². The molecule has 2 aliphatic rings. The molecule has 3 amide bonds. The Morgan fingerprint density at radius 2 is 1.91 bits per heavy atom. The molecule has 0 bridgehead atoms. The highest BCUT2D eigenvalue weighted by Gasteiger charge is 2.59. The van der Waals surface area contributed by atoms with Crippen molar-refractivity contribution in [1.82, 2.24) is 15.5 Å². The van der Waals surface area contributed by atoms with Gasteiger partial charge in [0.1, 0.15) is 23.2 Å². The van der Waals surface area contributed by atoms with Gasteiger partial charge in [0.25, 0.3) is 0 Å². The number of nitrogens with one attached hydrogen (secondary N) is 2. The third kappa shape index (κ3) is 5.03. The summed E-state index contributed by atoms with van der Waals surface area (Å²) in [5.74, 6) is -1.29. The van der Waals surface area contributed by atoms with Gasteiger partial charge in [-0.05, 0) is 39.2 Å². The van der Waals surface area contributed by atoms with Gasteiger partial charge in [0.15, 0.2) is 0 Å². The molecule has 0 radical (unpaired) electrons. The van der Waals surface area contributed by atoms with Crippen molar-refractivity contribution in [3.05, 3.63) is 35.9 Å². The molecule has 174 valence electrons. The van der Waals surface area contributed by atoms with Crippen molar-refractivity contribution in [1.29, 1.82) is 0 Å². The molecular formula is C23H31N3O6. The predicted molar refractivity (Wildman–Crippen MR) is 116 cm³/mol. The normalized spacial score (nSPS) is 23.3. The maximum Gasteiger partial charge on any atom is 0.408 e. The lowest BCUT2D eigenvalue weighted by Crippen LogP contribution is -2.53. The molecule has 0 aliphatic carbocycles. The topological polar surface area (TPSA) is 114 Å². The number of esters is 1. The lowest BCUT2D eigenvalue weighted by atomic mass is 9.92. The number of fused-ring (bicyclic) bond motifs is 1. The Morgan fingerprint density at radius 1 is 1.22 bits per heavy atom. The molecule has 3 rings (SSSR count). The molecule has 32 heavy (non-hydrogen) atoms. The Labute approximate surface area is 187 Å². The Kier molecular flexibility index (Phi) is 6.76. The third-order valence-corrected chi connectivity index (χ3v) is 5.77. The van der Waals surface area contributed by atoms with Crippen molar-refractivity contribution in [2.24, 2.45) is 0 Å². The number of hydrogen-bond donors (Lipinski definition) is 2. The van der Waals surface area contributed by atoms with Crippen molar-refractivity contribution in [3.8, 4) is 0 Å². The minimum absolute atomic E-state index is 0.148. The molecule has 2 saturated heterocycles. The number of ether oxygens (including phenoxy) is 2. The van der Waals surface area contributed by atoms with E-state index >= 15 is 0 Å². The maximum atomic E-state index is 13.1. The van der Waals surface area contributed by atoms with Gasteiger partial charge in [-0.1, -0.05) is 30.3 Å². The molecule has 2 fully saturated rings. The van der Waals surface area contributed by atoms with E-state index in [4.69, 9.17) is 9.47 Å². The van der Waals surface area contributed by atoms with E-state index in [0.29, 0.717) is 19.4 Å². The second-order valence-electron chi connectivity index (χ2n) is 9.27. The van der Waals surface area contributed by atoms with Crippen LogP contribution >= 0.6 is 0 Å². The highest BCUT2D eigenvalue weighted by Crippen LogP contribution is 2.40. The van der Waals surface area contributed by atoms with Crippen molar-refractivity contribution >= 4 is 23.9 Å². The summed E-state index contributed by atoms with van der Waals surface area (Å²) in [6.07, 6.45) is 0.852. The van der Waals surface area contributed by atoms with Crippen LogP contribution in [-0.4, -0.2) is 65.7 Å². The number of benzene rings is 1. The van der Waals surface area contributed by atoms with Gasteiger partial charge in [-0.2, -0.15) is 0 Å². The second-order valence-corrected chi connectivity index (χ2v) is 9.27. The Hall–Kier alpha value is -3.10. The molecule has 2 N–H and O–H groups in total. The van der Waals surface area contributed by atoms with Crippen LogP contribution in [0.2, 0.25) is 0 Å². The molecule has 3 atom stereocenters. The fraction of sp³-hybridized carbons (Fsp3) is 0.565. The largest absolute Gasteiger partial charge is 0.467 e. The number of carbonyl (C=O) groups excluding carboxylic acids is 4. The van der Waals surface area contributed by atoms with Crippen molar-refractivity contribution in [3.63, 3.8) is 0 Å². The molecule has 1 aromatic rings. The van der Waals surface area contributed by atoms with E-state index in [0.717, 1.165) is 5.56 Å². The highest BCUT2D eigenvalue weighted by atomic mass is 16.6. The lowest BCUT2D eigenvalue weighted by molar-refractivity contribution is -0.155. The first kappa shape index (κ1) is 23.6. The summed E-state index contributed by atoms with van der Waals surface area (Å²) >= 11 is 0. The average Bonchev–Trinajstić information content (AvgIpc) is 3.25. The molecule has 9 nitrogen and oxygen atoms in total. The molecule has 2 heterocycles. The molecule has 0 saturated carbocycles. The Bertz CT molecular complexity index is 881. The monoisotopic (exact) mass is 445 g/mol. The van der Waals surface area contributed by atoms with Crippen LogP contribution in [0.25, 0.3) is 0 Å². The van der Waals surface area contributed by atoms with Crippen molar-refractivity contribution in [2.45, 2.75) is 69.7 Å². The fourth-order valence-corrected chi connectivity index (χ4v) is 4.40. The summed E-state index contributed by atoms with van der Waals surface area (Å²) in [7, 11) is 1.30. The number of amides is 3. The molecule has 0 spiro atoms. The van der Waals surface area contributed by atoms with E-state index < -0.39 is 41.2 Å². The van der Waals surface area contributed by atoms with Gasteiger partial charge >= 0.3 is 12.1 Å². The Morgan fingerprint density at radius 3 is 2.53 bits per heavy atom. The summed E-state index contributed by atoms with van der Waals surface area (Å²) in [6, 6.07) is 7.42. The van der Waals surface area contributed by atoms with Gasteiger partial charge in [0.05, 0.1) is 7.11 Å². The van der Waals surface area contributed by atoms with E-state index in [9.17, 15) is 19.2 Å². The van der Waals surface area contributed by atoms with Crippen LogP contribution in [0.3, 0.4) is 0 Å². The molecule has 0 unspecified atom stereocenters.